The molecule has 21 heavy (non-hydrogen) atoms. The van der Waals surface area contributed by atoms with Crippen molar-refractivity contribution in [2.24, 2.45) is 7.05 Å². The van der Waals surface area contributed by atoms with Gasteiger partial charge in [-0.2, -0.15) is 0 Å². The average molecular weight is 324 g/mol. The van der Waals surface area contributed by atoms with Gasteiger partial charge >= 0.3 is 0 Å². The number of rotatable bonds is 0. The summed E-state index contributed by atoms with van der Waals surface area (Å²) < 4.78 is 29.2. The van der Waals surface area contributed by atoms with Gasteiger partial charge in [0.1, 0.15) is 7.05 Å². The van der Waals surface area contributed by atoms with Crippen molar-refractivity contribution in [3.05, 3.63) is 64.9 Å². The Balaban J connectivity index is 0.000000383. The lowest BCUT2D eigenvalue weighted by atomic mass is 10.2. The van der Waals surface area contributed by atoms with Gasteiger partial charge in [-0.05, 0) is 24.3 Å². The standard InChI is InChI=1S/C14H11ClN.CH4O3S/c1-16-10-8-13(9-11-16)3-2-12-4-6-14(15)7-5-12;1-5(2,3)4/h4-11H,1H3;1H3,(H,2,3,4)/q+1;/p-1. The third-order valence-corrected chi connectivity index (χ3v) is 2.43. The molecule has 0 radical (unpaired) electrons. The van der Waals surface area contributed by atoms with Crippen molar-refractivity contribution in [2.75, 3.05) is 6.26 Å². The van der Waals surface area contributed by atoms with E-state index in [1.165, 1.54) is 0 Å². The molecule has 0 bridgehead atoms. The van der Waals surface area contributed by atoms with E-state index in [0.717, 1.165) is 16.1 Å². The van der Waals surface area contributed by atoms with Gasteiger partial charge in [0.25, 0.3) is 0 Å². The molecule has 0 saturated heterocycles. The maximum absolute atomic E-state index is 9.08. The maximum atomic E-state index is 9.08. The molecule has 0 amide bonds. The van der Waals surface area contributed by atoms with Crippen molar-refractivity contribution in [2.45, 2.75) is 0 Å². The molecular weight excluding hydrogens is 310 g/mol. The molecule has 0 aliphatic carbocycles. The summed E-state index contributed by atoms with van der Waals surface area (Å²) in [4.78, 5) is 0. The molecule has 2 rings (SSSR count). The molecule has 6 heteroatoms. The highest BCUT2D eigenvalue weighted by molar-refractivity contribution is 7.84. The fourth-order valence-corrected chi connectivity index (χ4v) is 1.39. The van der Waals surface area contributed by atoms with Gasteiger partial charge in [0, 0.05) is 34.5 Å². The van der Waals surface area contributed by atoms with Gasteiger partial charge < -0.3 is 4.55 Å². The van der Waals surface area contributed by atoms with Crippen molar-refractivity contribution in [1.29, 1.82) is 0 Å². The summed E-state index contributed by atoms with van der Waals surface area (Å²) in [5, 5.41) is 0.734. The summed E-state index contributed by atoms with van der Waals surface area (Å²) in [6.07, 6.45) is 4.56. The van der Waals surface area contributed by atoms with Crippen LogP contribution in [0.2, 0.25) is 5.02 Å². The predicted molar refractivity (Wildman–Crippen MR) is 80.7 cm³/mol. The van der Waals surface area contributed by atoms with Crippen LogP contribution in [0, 0.1) is 11.8 Å². The topological polar surface area (TPSA) is 61.1 Å². The normalized spacial score (nSPS) is 9.90. The smallest absolute Gasteiger partial charge is 0.169 e. The molecular formula is C15H14ClNO3S. The third-order valence-electron chi connectivity index (χ3n) is 2.17. The maximum Gasteiger partial charge on any atom is 0.169 e. The second kappa shape index (κ2) is 7.79. The van der Waals surface area contributed by atoms with Crippen LogP contribution in [0.4, 0.5) is 0 Å². The van der Waals surface area contributed by atoms with Gasteiger partial charge in [-0.25, -0.2) is 13.0 Å². The Morgan fingerprint density at radius 1 is 1.00 bits per heavy atom. The summed E-state index contributed by atoms with van der Waals surface area (Å²) in [5.74, 6) is 6.19. The summed E-state index contributed by atoms with van der Waals surface area (Å²) in [6, 6.07) is 11.5. The number of aromatic nitrogens is 1. The molecule has 1 heterocycles. The first-order valence-corrected chi connectivity index (χ1v) is 8.07. The zero-order valence-corrected chi connectivity index (χ0v) is 13.1. The van der Waals surface area contributed by atoms with E-state index in [1.54, 1.807) is 0 Å². The number of aryl methyl sites for hydroxylation is 1. The van der Waals surface area contributed by atoms with Gasteiger partial charge in [0.2, 0.25) is 0 Å². The number of benzene rings is 1. The van der Waals surface area contributed by atoms with Gasteiger partial charge in [-0.1, -0.05) is 23.4 Å². The Bertz CT molecular complexity index is 685. The van der Waals surface area contributed by atoms with Crippen LogP contribution in [0.5, 0.6) is 0 Å². The van der Waals surface area contributed by atoms with Crippen molar-refractivity contribution in [3.8, 4) is 11.8 Å². The third kappa shape index (κ3) is 8.82. The molecule has 0 N–H and O–H groups in total. The van der Waals surface area contributed by atoms with Crippen LogP contribution >= 0.6 is 11.6 Å². The highest BCUT2D eigenvalue weighted by atomic mass is 35.5. The van der Waals surface area contributed by atoms with E-state index < -0.39 is 10.1 Å². The van der Waals surface area contributed by atoms with Gasteiger partial charge in [-0.15, -0.1) is 0 Å². The second-order valence-corrected chi connectivity index (χ2v) is 6.06. The summed E-state index contributed by atoms with van der Waals surface area (Å²) in [5.41, 5.74) is 1.98. The number of nitrogens with zero attached hydrogens (tertiary/aromatic N) is 1. The molecule has 1 aromatic carbocycles. The van der Waals surface area contributed by atoms with Crippen LogP contribution in [0.25, 0.3) is 0 Å². The largest absolute Gasteiger partial charge is 0.748 e. The lowest BCUT2D eigenvalue weighted by molar-refractivity contribution is -0.671. The van der Waals surface area contributed by atoms with Gasteiger partial charge in [-0.3, -0.25) is 0 Å². The molecule has 1 aromatic heterocycles. The number of halogens is 1. The zero-order valence-electron chi connectivity index (χ0n) is 11.6. The summed E-state index contributed by atoms with van der Waals surface area (Å²) in [6.45, 7) is 0. The monoisotopic (exact) mass is 323 g/mol. The van der Waals surface area contributed by atoms with Crippen molar-refractivity contribution in [3.63, 3.8) is 0 Å². The van der Waals surface area contributed by atoms with E-state index in [9.17, 15) is 0 Å². The quantitative estimate of drug-likeness (QED) is 0.421. The van der Waals surface area contributed by atoms with Crippen LogP contribution < -0.4 is 4.57 Å². The molecule has 0 fully saturated rings. The minimum Gasteiger partial charge on any atom is -0.748 e. The predicted octanol–water partition coefficient (Wildman–Crippen LogP) is 1.73. The van der Waals surface area contributed by atoms with Crippen LogP contribution in [0.1, 0.15) is 11.1 Å². The number of pyridine rings is 1. The lowest BCUT2D eigenvalue weighted by Crippen LogP contribution is -2.25. The van der Waals surface area contributed by atoms with E-state index in [2.05, 4.69) is 11.8 Å². The minimum absolute atomic E-state index is 0.604. The first-order chi connectivity index (χ1) is 9.74. The molecule has 0 aliphatic rings. The van der Waals surface area contributed by atoms with Crippen LogP contribution in [0.15, 0.2) is 48.8 Å². The Morgan fingerprint density at radius 3 is 1.81 bits per heavy atom. The first-order valence-electron chi connectivity index (χ1n) is 5.88. The molecule has 2 aromatic rings. The SMILES string of the molecule is CS(=O)(=O)[O-].C[n+]1ccc(C#Cc2ccc(Cl)cc2)cc1. The van der Waals surface area contributed by atoms with E-state index in [4.69, 9.17) is 24.6 Å². The Kier molecular flexibility index (Phi) is 6.38. The van der Waals surface area contributed by atoms with Crippen LogP contribution in [-0.2, 0) is 17.2 Å². The molecule has 0 aliphatic heterocycles. The minimum atomic E-state index is -3.92. The van der Waals surface area contributed by atoms with E-state index in [-0.39, 0.29) is 0 Å². The molecule has 0 saturated carbocycles. The van der Waals surface area contributed by atoms with E-state index >= 15 is 0 Å². The van der Waals surface area contributed by atoms with Crippen LogP contribution in [0.3, 0.4) is 0 Å². The summed E-state index contributed by atoms with van der Waals surface area (Å²) in [7, 11) is -1.93. The molecule has 110 valence electrons. The Labute approximate surface area is 129 Å². The van der Waals surface area contributed by atoms with Crippen LogP contribution in [-0.4, -0.2) is 19.2 Å². The molecule has 0 atom stereocenters. The van der Waals surface area contributed by atoms with E-state index in [0.29, 0.717) is 6.26 Å². The van der Waals surface area contributed by atoms with Gasteiger partial charge in [0.15, 0.2) is 12.4 Å². The van der Waals surface area contributed by atoms with Crippen molar-refractivity contribution < 1.29 is 17.5 Å². The van der Waals surface area contributed by atoms with E-state index in [1.807, 2.05) is 60.4 Å². The first kappa shape index (κ1) is 17.2. The summed E-state index contributed by atoms with van der Waals surface area (Å²) >= 11 is 5.80. The molecule has 4 nitrogen and oxygen atoms in total. The Morgan fingerprint density at radius 2 is 1.38 bits per heavy atom. The zero-order chi connectivity index (χ0) is 15.9. The highest BCUT2D eigenvalue weighted by Crippen LogP contribution is 2.08. The molecule has 0 spiro atoms. The fraction of sp³-hybridized carbons (Fsp3) is 0.133. The second-order valence-electron chi connectivity index (χ2n) is 4.21. The number of hydrogen-bond donors (Lipinski definition) is 0. The lowest BCUT2D eigenvalue weighted by Gasteiger charge is -1.90. The number of hydrogen-bond acceptors (Lipinski definition) is 3. The van der Waals surface area contributed by atoms with Crippen molar-refractivity contribution >= 4 is 21.7 Å². The highest BCUT2D eigenvalue weighted by Gasteiger charge is 1.91. The van der Waals surface area contributed by atoms with Crippen molar-refractivity contribution in [1.82, 2.24) is 0 Å². The fourth-order valence-electron chi connectivity index (χ4n) is 1.26. The average Bonchev–Trinajstić information content (AvgIpc) is 2.38. The Hall–Kier alpha value is -1.87. The van der Waals surface area contributed by atoms with Gasteiger partial charge in [0.05, 0.1) is 10.1 Å². The molecule has 0 unspecified atom stereocenters.